The Bertz CT molecular complexity index is 997. The molecule has 3 aromatic rings. The minimum absolute atomic E-state index is 0.164. The molecule has 0 saturated carbocycles. The molecule has 0 atom stereocenters. The predicted octanol–water partition coefficient (Wildman–Crippen LogP) is 5.21. The molecule has 0 aliphatic carbocycles. The first-order chi connectivity index (χ1) is 13.3. The van der Waals surface area contributed by atoms with Crippen LogP contribution in [0.1, 0.15) is 19.5 Å². The van der Waals surface area contributed by atoms with Crippen molar-refractivity contribution in [1.29, 1.82) is 0 Å². The highest BCUT2D eigenvalue weighted by atomic mass is 35.5. The molecule has 148 valence electrons. The van der Waals surface area contributed by atoms with Crippen LogP contribution in [0.2, 0.25) is 5.02 Å². The zero-order chi connectivity index (χ0) is 20.3. The third-order valence-corrected chi connectivity index (χ3v) is 6.25. The normalized spacial score (nSPS) is 11.6. The average Bonchev–Trinajstić information content (AvgIpc) is 2.91. The van der Waals surface area contributed by atoms with Crippen molar-refractivity contribution in [3.63, 3.8) is 0 Å². The van der Waals surface area contributed by atoms with E-state index < -0.39 is 5.60 Å². The molecular weight excluding hydrogens is 392 g/mol. The summed E-state index contributed by atoms with van der Waals surface area (Å²) in [6.45, 7) is 6.17. The number of nitrogens with one attached hydrogen (secondary N) is 1. The SMILES string of the molecule is Cc1c(SCCNC(=O)C(C)(C)Oc2ccccc2Cl)c2ccccc2n1C. The fourth-order valence-corrected chi connectivity index (χ4v) is 4.30. The molecule has 1 N–H and O–H groups in total. The van der Waals surface area contributed by atoms with Crippen molar-refractivity contribution in [2.24, 2.45) is 7.05 Å². The van der Waals surface area contributed by atoms with Gasteiger partial charge in [-0.15, -0.1) is 11.8 Å². The van der Waals surface area contributed by atoms with E-state index in [0.717, 1.165) is 5.75 Å². The number of hydrogen-bond donors (Lipinski definition) is 1. The maximum absolute atomic E-state index is 12.6. The standard InChI is InChI=1S/C22H25ClN2O2S/c1-15-20(16-9-5-7-11-18(16)25(15)4)28-14-13-24-21(26)22(2,3)27-19-12-8-6-10-17(19)23/h5-12H,13-14H2,1-4H3,(H,24,26). The van der Waals surface area contributed by atoms with Gasteiger partial charge in [0.1, 0.15) is 5.75 Å². The number of thioether (sulfide) groups is 1. The number of aromatic nitrogens is 1. The molecule has 1 heterocycles. The van der Waals surface area contributed by atoms with Crippen molar-refractivity contribution in [2.45, 2.75) is 31.3 Å². The van der Waals surface area contributed by atoms with Crippen molar-refractivity contribution in [3.05, 3.63) is 59.2 Å². The summed E-state index contributed by atoms with van der Waals surface area (Å²) in [7, 11) is 2.08. The molecule has 0 aliphatic rings. The Morgan fingerprint density at radius 1 is 1.18 bits per heavy atom. The summed E-state index contributed by atoms with van der Waals surface area (Å²) in [6, 6.07) is 15.5. The Balaban J connectivity index is 1.57. The summed E-state index contributed by atoms with van der Waals surface area (Å²) in [4.78, 5) is 13.8. The van der Waals surface area contributed by atoms with Gasteiger partial charge in [-0.1, -0.05) is 41.9 Å². The molecule has 28 heavy (non-hydrogen) atoms. The summed E-state index contributed by atoms with van der Waals surface area (Å²) < 4.78 is 8.04. The van der Waals surface area contributed by atoms with Gasteiger partial charge in [0.25, 0.3) is 5.91 Å². The van der Waals surface area contributed by atoms with Crippen molar-refractivity contribution in [2.75, 3.05) is 12.3 Å². The number of halogens is 1. The second-order valence-electron chi connectivity index (χ2n) is 7.14. The van der Waals surface area contributed by atoms with Crippen LogP contribution in [0.5, 0.6) is 5.75 Å². The van der Waals surface area contributed by atoms with E-state index in [1.165, 1.54) is 21.5 Å². The van der Waals surface area contributed by atoms with E-state index in [1.54, 1.807) is 37.7 Å². The van der Waals surface area contributed by atoms with Gasteiger partial charge in [0.2, 0.25) is 0 Å². The number of para-hydroxylation sites is 2. The Labute approximate surface area is 175 Å². The number of ether oxygens (including phenoxy) is 1. The smallest absolute Gasteiger partial charge is 0.263 e. The second kappa shape index (κ2) is 8.50. The molecule has 6 heteroatoms. The zero-order valence-corrected chi connectivity index (χ0v) is 18.2. The minimum Gasteiger partial charge on any atom is -0.476 e. The van der Waals surface area contributed by atoms with Crippen LogP contribution in [0.3, 0.4) is 0 Å². The van der Waals surface area contributed by atoms with E-state index in [-0.39, 0.29) is 5.91 Å². The van der Waals surface area contributed by atoms with Crippen LogP contribution in [-0.2, 0) is 11.8 Å². The van der Waals surface area contributed by atoms with E-state index in [0.29, 0.717) is 17.3 Å². The Kier molecular flexibility index (Phi) is 6.26. The molecule has 0 radical (unpaired) electrons. The average molecular weight is 417 g/mol. The van der Waals surface area contributed by atoms with Gasteiger partial charge in [-0.25, -0.2) is 0 Å². The van der Waals surface area contributed by atoms with Gasteiger partial charge in [0, 0.05) is 40.8 Å². The molecule has 0 spiro atoms. The van der Waals surface area contributed by atoms with Crippen LogP contribution in [0.15, 0.2) is 53.4 Å². The minimum atomic E-state index is -1.01. The lowest BCUT2D eigenvalue weighted by Gasteiger charge is -2.25. The molecule has 0 unspecified atom stereocenters. The van der Waals surface area contributed by atoms with Crippen LogP contribution in [0.25, 0.3) is 10.9 Å². The first-order valence-corrected chi connectivity index (χ1v) is 10.6. The fraction of sp³-hybridized carbons (Fsp3) is 0.318. The second-order valence-corrected chi connectivity index (χ2v) is 8.65. The van der Waals surface area contributed by atoms with E-state index in [2.05, 4.69) is 48.1 Å². The number of amides is 1. The summed E-state index contributed by atoms with van der Waals surface area (Å²) in [5.41, 5.74) is 1.45. The summed E-state index contributed by atoms with van der Waals surface area (Å²) in [5.74, 6) is 1.12. The maximum atomic E-state index is 12.6. The van der Waals surface area contributed by atoms with Crippen molar-refractivity contribution in [3.8, 4) is 5.75 Å². The van der Waals surface area contributed by atoms with Crippen LogP contribution in [0.4, 0.5) is 0 Å². The van der Waals surface area contributed by atoms with E-state index in [9.17, 15) is 4.79 Å². The number of carbonyl (C=O) groups is 1. The van der Waals surface area contributed by atoms with E-state index in [4.69, 9.17) is 16.3 Å². The van der Waals surface area contributed by atoms with Gasteiger partial charge in [0.15, 0.2) is 5.60 Å². The highest BCUT2D eigenvalue weighted by Crippen LogP contribution is 2.33. The molecule has 3 rings (SSSR count). The highest BCUT2D eigenvalue weighted by Gasteiger charge is 2.30. The third kappa shape index (κ3) is 4.31. The number of rotatable bonds is 7. The third-order valence-electron chi connectivity index (χ3n) is 4.72. The number of aryl methyl sites for hydroxylation is 1. The number of fused-ring (bicyclic) bond motifs is 1. The van der Waals surface area contributed by atoms with Gasteiger partial charge >= 0.3 is 0 Å². The maximum Gasteiger partial charge on any atom is 0.263 e. The zero-order valence-electron chi connectivity index (χ0n) is 16.6. The highest BCUT2D eigenvalue weighted by molar-refractivity contribution is 7.99. The molecule has 0 saturated heterocycles. The molecule has 1 amide bonds. The summed E-state index contributed by atoms with van der Waals surface area (Å²) in [5, 5.41) is 4.71. The lowest BCUT2D eigenvalue weighted by molar-refractivity contribution is -0.134. The largest absolute Gasteiger partial charge is 0.476 e. The van der Waals surface area contributed by atoms with Gasteiger partial charge < -0.3 is 14.6 Å². The van der Waals surface area contributed by atoms with E-state index >= 15 is 0 Å². The lowest BCUT2D eigenvalue weighted by Crippen LogP contribution is -2.47. The summed E-state index contributed by atoms with van der Waals surface area (Å²) in [6.07, 6.45) is 0. The van der Waals surface area contributed by atoms with Gasteiger partial charge in [-0.05, 0) is 39.0 Å². The van der Waals surface area contributed by atoms with Crippen molar-refractivity contribution >= 4 is 40.2 Å². The number of benzene rings is 2. The topological polar surface area (TPSA) is 43.3 Å². The number of nitrogens with zero attached hydrogens (tertiary/aromatic N) is 1. The van der Waals surface area contributed by atoms with Crippen LogP contribution in [0, 0.1) is 6.92 Å². The Hall–Kier alpha value is -2.11. The number of hydrogen-bond acceptors (Lipinski definition) is 3. The molecular formula is C22H25ClN2O2S. The fourth-order valence-electron chi connectivity index (χ4n) is 3.05. The van der Waals surface area contributed by atoms with Crippen molar-refractivity contribution < 1.29 is 9.53 Å². The lowest BCUT2D eigenvalue weighted by atomic mass is 10.1. The first kappa shape index (κ1) is 20.6. The van der Waals surface area contributed by atoms with Crippen LogP contribution >= 0.6 is 23.4 Å². The van der Waals surface area contributed by atoms with Gasteiger partial charge in [0.05, 0.1) is 5.02 Å². The summed E-state index contributed by atoms with van der Waals surface area (Å²) >= 11 is 7.89. The van der Waals surface area contributed by atoms with Gasteiger partial charge in [-0.3, -0.25) is 4.79 Å². The first-order valence-electron chi connectivity index (χ1n) is 9.20. The molecule has 1 aromatic heterocycles. The number of carbonyl (C=O) groups excluding carboxylic acids is 1. The molecule has 0 fully saturated rings. The Morgan fingerprint density at radius 2 is 1.86 bits per heavy atom. The van der Waals surface area contributed by atoms with E-state index in [1.807, 2.05) is 12.1 Å². The van der Waals surface area contributed by atoms with Crippen molar-refractivity contribution in [1.82, 2.24) is 9.88 Å². The molecule has 4 nitrogen and oxygen atoms in total. The predicted molar refractivity (Wildman–Crippen MR) is 118 cm³/mol. The Morgan fingerprint density at radius 3 is 2.61 bits per heavy atom. The van der Waals surface area contributed by atoms with Gasteiger partial charge in [-0.2, -0.15) is 0 Å². The van der Waals surface area contributed by atoms with Crippen LogP contribution in [-0.4, -0.2) is 28.4 Å². The molecule has 0 bridgehead atoms. The monoisotopic (exact) mass is 416 g/mol. The van der Waals surface area contributed by atoms with Crippen LogP contribution < -0.4 is 10.1 Å². The molecule has 2 aromatic carbocycles. The quantitative estimate of drug-likeness (QED) is 0.425. The molecule has 0 aliphatic heterocycles.